The second kappa shape index (κ2) is 9.91. The van der Waals surface area contributed by atoms with Crippen molar-refractivity contribution in [2.75, 3.05) is 0 Å². The molecular weight excluding hydrogens is 454 g/mol. The number of carboxylic acids is 1. The topological polar surface area (TPSA) is 122 Å². The van der Waals surface area contributed by atoms with Gasteiger partial charge in [-0.15, -0.1) is 5.10 Å². The van der Waals surface area contributed by atoms with Crippen LogP contribution in [-0.4, -0.2) is 46.5 Å². The Labute approximate surface area is 207 Å². The lowest BCUT2D eigenvalue weighted by Gasteiger charge is -2.10. The van der Waals surface area contributed by atoms with Crippen LogP contribution in [0.4, 0.5) is 0 Å². The third-order valence-corrected chi connectivity index (χ3v) is 5.97. The number of aromatic nitrogens is 7. The minimum absolute atomic E-state index is 0.198. The normalized spacial score (nSPS) is 11.2. The van der Waals surface area contributed by atoms with Crippen molar-refractivity contribution >= 4 is 5.97 Å². The molecule has 36 heavy (non-hydrogen) atoms. The van der Waals surface area contributed by atoms with Crippen molar-refractivity contribution in [3.63, 3.8) is 0 Å². The van der Waals surface area contributed by atoms with Crippen LogP contribution in [0.15, 0.2) is 72.8 Å². The Kier molecular flexibility index (Phi) is 6.36. The molecule has 9 nitrogen and oxygen atoms in total. The van der Waals surface area contributed by atoms with Crippen molar-refractivity contribution in [3.05, 3.63) is 101 Å². The molecule has 0 fully saturated rings. The summed E-state index contributed by atoms with van der Waals surface area (Å²) in [6.45, 7) is 4.72. The minimum Gasteiger partial charge on any atom is -0.478 e. The molecule has 0 saturated heterocycles. The van der Waals surface area contributed by atoms with Crippen LogP contribution >= 0.6 is 0 Å². The van der Waals surface area contributed by atoms with E-state index in [9.17, 15) is 4.79 Å². The zero-order valence-corrected chi connectivity index (χ0v) is 20.0. The second-order valence-corrected chi connectivity index (χ2v) is 8.87. The Morgan fingerprint density at radius 1 is 0.944 bits per heavy atom. The van der Waals surface area contributed by atoms with Gasteiger partial charge >= 0.3 is 5.97 Å². The van der Waals surface area contributed by atoms with Gasteiger partial charge in [0.15, 0.2) is 11.6 Å². The maximum absolute atomic E-state index is 11.2. The van der Waals surface area contributed by atoms with Gasteiger partial charge in [0.05, 0.1) is 12.1 Å². The predicted molar refractivity (Wildman–Crippen MR) is 134 cm³/mol. The number of hydrogen-bond acceptors (Lipinski definition) is 6. The molecule has 0 aliphatic heterocycles. The fourth-order valence-electron chi connectivity index (χ4n) is 4.02. The van der Waals surface area contributed by atoms with Crippen LogP contribution in [0.2, 0.25) is 0 Å². The van der Waals surface area contributed by atoms with Gasteiger partial charge in [0, 0.05) is 17.9 Å². The maximum atomic E-state index is 11.2. The molecule has 2 aromatic heterocycles. The number of nitrogens with one attached hydrogen (secondary N) is 1. The summed E-state index contributed by atoms with van der Waals surface area (Å²) in [6, 6.07) is 23.2. The molecule has 5 aromatic rings. The quantitative estimate of drug-likeness (QED) is 0.334. The Hall–Kier alpha value is -4.66. The minimum atomic E-state index is -0.935. The van der Waals surface area contributed by atoms with E-state index >= 15 is 0 Å². The zero-order chi connectivity index (χ0) is 25.1. The molecule has 2 N–H and O–H groups in total. The van der Waals surface area contributed by atoms with Crippen LogP contribution in [0.3, 0.4) is 0 Å². The van der Waals surface area contributed by atoms with E-state index in [4.69, 9.17) is 15.2 Å². The van der Waals surface area contributed by atoms with Crippen LogP contribution in [0.1, 0.15) is 52.9 Å². The van der Waals surface area contributed by atoms with Crippen LogP contribution < -0.4 is 0 Å². The molecule has 0 aliphatic rings. The van der Waals surface area contributed by atoms with E-state index in [-0.39, 0.29) is 11.5 Å². The molecule has 0 radical (unpaired) electrons. The number of aromatic amines is 1. The van der Waals surface area contributed by atoms with E-state index in [1.807, 2.05) is 41.1 Å². The number of rotatable bonds is 8. The number of benzene rings is 3. The maximum Gasteiger partial charge on any atom is 0.335 e. The van der Waals surface area contributed by atoms with E-state index in [2.05, 4.69) is 58.7 Å². The Balaban J connectivity index is 1.40. The molecule has 3 aromatic carbocycles. The van der Waals surface area contributed by atoms with Gasteiger partial charge in [-0.1, -0.05) is 74.5 Å². The highest BCUT2D eigenvalue weighted by Gasteiger charge is 2.15. The Morgan fingerprint density at radius 2 is 1.64 bits per heavy atom. The van der Waals surface area contributed by atoms with E-state index < -0.39 is 5.97 Å². The third kappa shape index (κ3) is 4.90. The first kappa shape index (κ1) is 23.1. The Morgan fingerprint density at radius 3 is 2.28 bits per heavy atom. The van der Waals surface area contributed by atoms with Crippen molar-refractivity contribution in [1.29, 1.82) is 0 Å². The van der Waals surface area contributed by atoms with Gasteiger partial charge in [-0.05, 0) is 44.8 Å². The van der Waals surface area contributed by atoms with Crippen LogP contribution in [0, 0.1) is 0 Å². The summed E-state index contributed by atoms with van der Waals surface area (Å²) in [4.78, 5) is 15.9. The second-order valence-electron chi connectivity index (χ2n) is 8.87. The number of carboxylic acid groups (broad SMARTS) is 1. The SMILES string of the molecule is CC(C)c1nc(Cc2ccc(C(=O)O)cc2)n(Cc2ccc(-c3ccccc3-c3nnn[nH]3)cc2)n1. The number of H-pyrrole nitrogens is 1. The van der Waals surface area contributed by atoms with Gasteiger partial charge in [0.25, 0.3) is 0 Å². The first-order valence-electron chi connectivity index (χ1n) is 11.7. The van der Waals surface area contributed by atoms with Crippen molar-refractivity contribution in [1.82, 2.24) is 35.4 Å². The summed E-state index contributed by atoms with van der Waals surface area (Å²) < 4.78 is 1.93. The van der Waals surface area contributed by atoms with Gasteiger partial charge < -0.3 is 5.11 Å². The molecule has 9 heteroatoms. The van der Waals surface area contributed by atoms with Crippen molar-refractivity contribution in [2.45, 2.75) is 32.7 Å². The highest BCUT2D eigenvalue weighted by Crippen LogP contribution is 2.30. The molecule has 180 valence electrons. The number of carbonyl (C=O) groups is 1. The number of tetrazole rings is 1. The molecule has 0 atom stereocenters. The van der Waals surface area contributed by atoms with E-state index in [0.29, 0.717) is 18.8 Å². The first-order chi connectivity index (χ1) is 17.5. The standard InChI is InChI=1S/C27H25N7O2/c1-17(2)25-28-24(15-18-7-13-21(14-8-18)27(35)36)34(31-25)16-19-9-11-20(12-10-19)22-5-3-4-6-23(22)26-29-32-33-30-26/h3-14,17H,15-16H2,1-2H3,(H,35,36)(H,29,30,32,33). The van der Waals surface area contributed by atoms with E-state index in [0.717, 1.165) is 39.5 Å². The molecule has 0 spiro atoms. The van der Waals surface area contributed by atoms with Crippen molar-refractivity contribution in [2.24, 2.45) is 0 Å². The average molecular weight is 480 g/mol. The average Bonchev–Trinajstić information content (AvgIpc) is 3.56. The van der Waals surface area contributed by atoms with Gasteiger partial charge in [-0.25, -0.2) is 19.6 Å². The highest BCUT2D eigenvalue weighted by molar-refractivity contribution is 5.87. The van der Waals surface area contributed by atoms with Crippen LogP contribution in [0.5, 0.6) is 0 Å². The molecule has 0 amide bonds. The first-order valence-corrected chi connectivity index (χ1v) is 11.7. The summed E-state index contributed by atoms with van der Waals surface area (Å²) in [5.41, 5.74) is 5.38. The van der Waals surface area contributed by atoms with E-state index in [1.165, 1.54) is 0 Å². The monoisotopic (exact) mass is 479 g/mol. The molecule has 0 saturated carbocycles. The summed E-state index contributed by atoms with van der Waals surface area (Å²) in [5.74, 6) is 1.52. The van der Waals surface area contributed by atoms with Crippen molar-refractivity contribution < 1.29 is 9.90 Å². The van der Waals surface area contributed by atoms with Gasteiger partial charge in [-0.2, -0.15) is 5.10 Å². The fourth-order valence-corrected chi connectivity index (χ4v) is 4.02. The molecule has 0 bridgehead atoms. The lowest BCUT2D eigenvalue weighted by molar-refractivity contribution is 0.0697. The number of nitrogens with zero attached hydrogens (tertiary/aromatic N) is 6. The van der Waals surface area contributed by atoms with Crippen LogP contribution in [0.25, 0.3) is 22.5 Å². The smallest absolute Gasteiger partial charge is 0.335 e. The summed E-state index contributed by atoms with van der Waals surface area (Å²) in [5, 5.41) is 28.2. The summed E-state index contributed by atoms with van der Waals surface area (Å²) >= 11 is 0. The largest absolute Gasteiger partial charge is 0.478 e. The zero-order valence-electron chi connectivity index (χ0n) is 20.0. The lowest BCUT2D eigenvalue weighted by atomic mass is 9.98. The molecule has 0 aliphatic carbocycles. The van der Waals surface area contributed by atoms with Gasteiger partial charge in [0.1, 0.15) is 5.82 Å². The molecule has 2 heterocycles. The molecular formula is C27H25N7O2. The number of hydrogen-bond donors (Lipinski definition) is 2. The van der Waals surface area contributed by atoms with Gasteiger partial charge in [-0.3, -0.25) is 0 Å². The van der Waals surface area contributed by atoms with E-state index in [1.54, 1.807) is 12.1 Å². The lowest BCUT2D eigenvalue weighted by Crippen LogP contribution is -2.08. The Bertz CT molecular complexity index is 1470. The third-order valence-electron chi connectivity index (χ3n) is 5.97. The fraction of sp³-hybridized carbons (Fsp3) is 0.185. The molecule has 0 unspecified atom stereocenters. The summed E-state index contributed by atoms with van der Waals surface area (Å²) in [6.07, 6.45) is 0.566. The summed E-state index contributed by atoms with van der Waals surface area (Å²) in [7, 11) is 0. The highest BCUT2D eigenvalue weighted by atomic mass is 16.4. The molecule has 5 rings (SSSR count). The predicted octanol–water partition coefficient (Wildman–Crippen LogP) is 4.59. The van der Waals surface area contributed by atoms with Gasteiger partial charge in [0.2, 0.25) is 0 Å². The number of aromatic carboxylic acids is 1. The van der Waals surface area contributed by atoms with Crippen molar-refractivity contribution in [3.8, 4) is 22.5 Å². The van der Waals surface area contributed by atoms with Crippen LogP contribution in [-0.2, 0) is 13.0 Å².